The van der Waals surface area contributed by atoms with Crippen LogP contribution in [-0.2, 0) is 4.79 Å². The van der Waals surface area contributed by atoms with Crippen molar-refractivity contribution in [2.75, 3.05) is 11.9 Å². The Labute approximate surface area is 158 Å². The highest BCUT2D eigenvalue weighted by Crippen LogP contribution is 2.32. The zero-order chi connectivity index (χ0) is 17.8. The Kier molecular flexibility index (Phi) is 5.43. The Morgan fingerprint density at radius 1 is 1.16 bits per heavy atom. The first kappa shape index (κ1) is 17.5. The van der Waals surface area contributed by atoms with Gasteiger partial charge < -0.3 is 10.1 Å². The van der Waals surface area contributed by atoms with Crippen LogP contribution in [0.5, 0.6) is 5.75 Å². The van der Waals surface area contributed by atoms with Crippen LogP contribution in [0.25, 0.3) is 5.69 Å². The number of amides is 1. The molecule has 9 heteroatoms. The van der Waals surface area contributed by atoms with Crippen LogP contribution in [0.15, 0.2) is 49.1 Å². The number of halogens is 3. The fourth-order valence-corrected chi connectivity index (χ4v) is 2.76. The van der Waals surface area contributed by atoms with Gasteiger partial charge in [0.05, 0.1) is 21.4 Å². The van der Waals surface area contributed by atoms with Gasteiger partial charge in [0, 0.05) is 5.02 Å². The van der Waals surface area contributed by atoms with Crippen molar-refractivity contribution < 1.29 is 9.53 Å². The summed E-state index contributed by atoms with van der Waals surface area (Å²) in [4.78, 5) is 16.1. The average Bonchev–Trinajstić information content (AvgIpc) is 3.09. The molecule has 0 spiro atoms. The molecular formula is C16H11Cl3N4O2. The van der Waals surface area contributed by atoms with E-state index in [1.54, 1.807) is 36.4 Å². The molecule has 3 aromatic rings. The van der Waals surface area contributed by atoms with E-state index in [4.69, 9.17) is 39.5 Å². The van der Waals surface area contributed by atoms with Crippen molar-refractivity contribution in [1.29, 1.82) is 0 Å². The fraction of sp³-hybridized carbons (Fsp3) is 0.0625. The van der Waals surface area contributed by atoms with Crippen LogP contribution in [-0.4, -0.2) is 27.3 Å². The highest BCUT2D eigenvalue weighted by atomic mass is 35.5. The summed E-state index contributed by atoms with van der Waals surface area (Å²) in [6.07, 6.45) is 2.90. The van der Waals surface area contributed by atoms with Gasteiger partial charge in [-0.05, 0) is 30.3 Å². The van der Waals surface area contributed by atoms with Crippen molar-refractivity contribution >= 4 is 46.4 Å². The topological polar surface area (TPSA) is 69.0 Å². The van der Waals surface area contributed by atoms with Crippen LogP contribution in [0.2, 0.25) is 15.1 Å². The lowest BCUT2D eigenvalue weighted by Gasteiger charge is -2.13. The van der Waals surface area contributed by atoms with E-state index in [1.165, 1.54) is 17.3 Å². The van der Waals surface area contributed by atoms with Gasteiger partial charge in [0.25, 0.3) is 5.91 Å². The lowest BCUT2D eigenvalue weighted by molar-refractivity contribution is -0.118. The maximum Gasteiger partial charge on any atom is 0.262 e. The first-order chi connectivity index (χ1) is 12.0. The van der Waals surface area contributed by atoms with Gasteiger partial charge in [0.2, 0.25) is 0 Å². The van der Waals surface area contributed by atoms with Crippen molar-refractivity contribution in [2.24, 2.45) is 0 Å². The summed E-state index contributed by atoms with van der Waals surface area (Å²) >= 11 is 18.0. The molecule has 0 saturated carbocycles. The second-order valence-electron chi connectivity index (χ2n) is 4.89. The zero-order valence-electron chi connectivity index (χ0n) is 12.6. The molecule has 1 amide bonds. The molecule has 1 heterocycles. The number of rotatable bonds is 5. The largest absolute Gasteiger partial charge is 0.481 e. The molecule has 0 aliphatic rings. The molecule has 0 aliphatic heterocycles. The van der Waals surface area contributed by atoms with E-state index in [2.05, 4.69) is 15.4 Å². The van der Waals surface area contributed by atoms with Gasteiger partial charge in [0.15, 0.2) is 12.4 Å². The summed E-state index contributed by atoms with van der Waals surface area (Å²) in [5.74, 6) is -0.150. The van der Waals surface area contributed by atoms with Crippen LogP contribution < -0.4 is 10.1 Å². The summed E-state index contributed by atoms with van der Waals surface area (Å²) in [6.45, 7) is -0.271. The highest BCUT2D eigenvalue weighted by Gasteiger charge is 2.13. The van der Waals surface area contributed by atoms with Crippen molar-refractivity contribution in [3.63, 3.8) is 0 Å². The van der Waals surface area contributed by atoms with Gasteiger partial charge in [-0.2, -0.15) is 5.10 Å². The Morgan fingerprint density at radius 2 is 1.92 bits per heavy atom. The lowest BCUT2D eigenvalue weighted by atomic mass is 10.2. The number of benzene rings is 2. The SMILES string of the molecule is O=C(COc1c(Cl)cccc1Cl)Nc1cc(Cl)ccc1-n1cncn1. The van der Waals surface area contributed by atoms with Crippen molar-refractivity contribution in [2.45, 2.75) is 0 Å². The van der Waals surface area contributed by atoms with Gasteiger partial charge in [-0.25, -0.2) is 9.67 Å². The number of carbonyl (C=O) groups is 1. The van der Waals surface area contributed by atoms with Gasteiger partial charge >= 0.3 is 0 Å². The minimum atomic E-state index is -0.403. The standard InChI is InChI=1S/C16H11Cl3N4O2/c17-10-4-5-14(23-9-20-8-21-23)13(6-10)22-15(24)7-25-16-11(18)2-1-3-12(16)19/h1-6,8-9H,7H2,(H,22,24). The highest BCUT2D eigenvalue weighted by molar-refractivity contribution is 6.37. The first-order valence-electron chi connectivity index (χ1n) is 7.06. The summed E-state index contributed by atoms with van der Waals surface area (Å²) < 4.78 is 6.93. The molecule has 1 N–H and O–H groups in total. The molecule has 1 aromatic heterocycles. The number of hydrogen-bond acceptors (Lipinski definition) is 4. The van der Waals surface area contributed by atoms with E-state index in [9.17, 15) is 4.79 Å². The summed E-state index contributed by atoms with van der Waals surface area (Å²) in [6, 6.07) is 9.96. The third-order valence-electron chi connectivity index (χ3n) is 3.16. The zero-order valence-corrected chi connectivity index (χ0v) is 14.9. The molecule has 6 nitrogen and oxygen atoms in total. The molecule has 3 rings (SSSR count). The van der Waals surface area contributed by atoms with Crippen LogP contribution in [0.4, 0.5) is 5.69 Å². The summed E-state index contributed by atoms with van der Waals surface area (Å²) in [5, 5.41) is 7.89. The minimum absolute atomic E-state index is 0.253. The van der Waals surface area contributed by atoms with Crippen LogP contribution in [0.3, 0.4) is 0 Å². The Balaban J connectivity index is 1.74. The molecule has 0 saturated heterocycles. The van der Waals surface area contributed by atoms with Gasteiger partial charge in [-0.1, -0.05) is 40.9 Å². The van der Waals surface area contributed by atoms with Crippen LogP contribution in [0.1, 0.15) is 0 Å². The van der Waals surface area contributed by atoms with E-state index in [0.29, 0.717) is 26.4 Å². The number of nitrogens with one attached hydrogen (secondary N) is 1. The molecule has 2 aromatic carbocycles. The molecule has 0 bridgehead atoms. The van der Waals surface area contributed by atoms with Crippen molar-refractivity contribution in [1.82, 2.24) is 14.8 Å². The molecule has 128 valence electrons. The third kappa shape index (κ3) is 4.22. The molecule has 0 atom stereocenters. The quantitative estimate of drug-likeness (QED) is 0.699. The number of hydrogen-bond donors (Lipinski definition) is 1. The van der Waals surface area contributed by atoms with E-state index >= 15 is 0 Å². The average molecular weight is 398 g/mol. The maximum atomic E-state index is 12.2. The van der Waals surface area contributed by atoms with Crippen LogP contribution in [0, 0.1) is 0 Å². The number of nitrogens with zero attached hydrogens (tertiary/aromatic N) is 3. The Bertz CT molecular complexity index is 880. The predicted molar refractivity (Wildman–Crippen MR) is 97.0 cm³/mol. The molecule has 0 fully saturated rings. The van der Waals surface area contributed by atoms with Gasteiger partial charge in [-0.15, -0.1) is 0 Å². The Morgan fingerprint density at radius 3 is 2.60 bits per heavy atom. The summed E-state index contributed by atoms with van der Waals surface area (Å²) in [7, 11) is 0. The number of para-hydroxylation sites is 1. The molecule has 25 heavy (non-hydrogen) atoms. The number of ether oxygens (including phenoxy) is 1. The predicted octanol–water partition coefficient (Wildman–Crippen LogP) is 4.25. The fourth-order valence-electron chi connectivity index (χ4n) is 2.09. The second-order valence-corrected chi connectivity index (χ2v) is 6.14. The van der Waals surface area contributed by atoms with Gasteiger partial charge in [0.1, 0.15) is 12.7 Å². The Hall–Kier alpha value is -2.28. The van der Waals surface area contributed by atoms with E-state index in [0.717, 1.165) is 0 Å². The second kappa shape index (κ2) is 7.74. The summed E-state index contributed by atoms with van der Waals surface area (Å²) in [5.41, 5.74) is 1.09. The maximum absolute atomic E-state index is 12.2. The lowest BCUT2D eigenvalue weighted by Crippen LogP contribution is -2.21. The molecule has 0 aliphatic carbocycles. The van der Waals surface area contributed by atoms with E-state index in [1.807, 2.05) is 0 Å². The van der Waals surface area contributed by atoms with Crippen molar-refractivity contribution in [3.05, 3.63) is 64.1 Å². The number of aromatic nitrogens is 3. The molecule has 0 unspecified atom stereocenters. The van der Waals surface area contributed by atoms with Gasteiger partial charge in [-0.3, -0.25) is 4.79 Å². The first-order valence-corrected chi connectivity index (χ1v) is 8.19. The van der Waals surface area contributed by atoms with E-state index in [-0.39, 0.29) is 12.4 Å². The van der Waals surface area contributed by atoms with E-state index < -0.39 is 5.91 Å². The minimum Gasteiger partial charge on any atom is -0.481 e. The third-order valence-corrected chi connectivity index (χ3v) is 4.00. The molecule has 0 radical (unpaired) electrons. The monoisotopic (exact) mass is 396 g/mol. The number of carbonyl (C=O) groups excluding carboxylic acids is 1. The van der Waals surface area contributed by atoms with Crippen molar-refractivity contribution in [3.8, 4) is 11.4 Å². The smallest absolute Gasteiger partial charge is 0.262 e. The normalized spacial score (nSPS) is 10.5. The van der Waals surface area contributed by atoms with Crippen LogP contribution >= 0.6 is 34.8 Å². The molecular weight excluding hydrogens is 387 g/mol. The number of anilines is 1.